The number of anilines is 3. The zero-order valence-corrected chi connectivity index (χ0v) is 27.6. The maximum absolute atomic E-state index is 8.97. The Labute approximate surface area is 307 Å². The fourth-order valence-electron chi connectivity index (χ4n) is 7.23. The third-order valence-corrected chi connectivity index (χ3v) is 9.62. The number of para-hydroxylation sites is 2. The van der Waals surface area contributed by atoms with Crippen LogP contribution in [0.15, 0.2) is 184 Å². The van der Waals surface area contributed by atoms with E-state index in [-0.39, 0.29) is 11.4 Å². The van der Waals surface area contributed by atoms with Crippen molar-refractivity contribution in [3.63, 3.8) is 0 Å². The Morgan fingerprint density at radius 2 is 1.35 bits per heavy atom. The summed E-state index contributed by atoms with van der Waals surface area (Å²) in [6.07, 6.45) is 1.62. The molecule has 1 aliphatic heterocycles. The smallest absolute Gasteiger partial charge is 0.161 e. The van der Waals surface area contributed by atoms with E-state index in [1.807, 2.05) is 72.8 Å². The summed E-state index contributed by atoms with van der Waals surface area (Å²) in [6.45, 7) is 0. The van der Waals surface area contributed by atoms with E-state index in [2.05, 4.69) is 76.6 Å². The van der Waals surface area contributed by atoms with Crippen molar-refractivity contribution in [3.8, 4) is 11.1 Å². The normalized spacial score (nSPS) is 14.0. The fraction of sp³-hybridized carbons (Fsp3) is 0. The quantitative estimate of drug-likeness (QED) is 0.149. The maximum atomic E-state index is 8.97. The molecule has 0 amide bonds. The Bertz CT molecular complexity index is 3190. The average Bonchev–Trinajstić information content (AvgIpc) is 3.63. The number of hydrogen-bond donors (Lipinski definition) is 1. The first kappa shape index (κ1) is 24.9. The van der Waals surface area contributed by atoms with Gasteiger partial charge in [0.2, 0.25) is 0 Å². The molecule has 0 saturated carbocycles. The third-order valence-electron chi connectivity index (χ3n) is 9.62. The number of nitrogens with one attached hydrogen (secondary N) is 1. The number of fused-ring (bicyclic) bond motifs is 6. The first-order chi connectivity index (χ1) is 27.8. The van der Waals surface area contributed by atoms with Crippen molar-refractivity contribution < 1.29 is 11.3 Å². The SMILES string of the molecule is [2H]c1c([2H])c([2H])c(C(=N)N=C(N=Cc2cccc3c2oc2ccccc23)c2ccc(N3c4cc5ccccc5cc4-c4cccc5cccc3c45)cc2)c([2H])c1[2H]. The van der Waals surface area contributed by atoms with Crippen molar-refractivity contribution in [1.29, 1.82) is 5.41 Å². The molecule has 9 aromatic rings. The van der Waals surface area contributed by atoms with Crippen molar-refractivity contribution >= 4 is 78.4 Å². The number of furan rings is 1. The Kier molecular flexibility index (Phi) is 5.77. The molecule has 0 unspecified atom stereocenters. The maximum Gasteiger partial charge on any atom is 0.161 e. The minimum atomic E-state index is -0.539. The molecule has 244 valence electrons. The van der Waals surface area contributed by atoms with Crippen LogP contribution in [0.5, 0.6) is 0 Å². The lowest BCUT2D eigenvalue weighted by molar-refractivity contribution is 0.668. The van der Waals surface area contributed by atoms with Crippen LogP contribution in [-0.4, -0.2) is 17.9 Å². The van der Waals surface area contributed by atoms with Crippen LogP contribution in [-0.2, 0) is 0 Å². The molecule has 1 N–H and O–H groups in total. The van der Waals surface area contributed by atoms with Gasteiger partial charge in [-0.15, -0.1) is 0 Å². The monoisotopic (exact) mass is 671 g/mol. The lowest BCUT2D eigenvalue weighted by atomic mass is 9.89. The highest BCUT2D eigenvalue weighted by atomic mass is 16.3. The molecular weight excluding hydrogens is 637 g/mol. The highest BCUT2D eigenvalue weighted by Gasteiger charge is 2.26. The molecule has 5 nitrogen and oxygen atoms in total. The molecule has 52 heavy (non-hydrogen) atoms. The van der Waals surface area contributed by atoms with Gasteiger partial charge in [0.15, 0.2) is 11.7 Å². The summed E-state index contributed by atoms with van der Waals surface area (Å²) in [7, 11) is 0. The summed E-state index contributed by atoms with van der Waals surface area (Å²) in [6, 6.07) is 44.3. The summed E-state index contributed by atoms with van der Waals surface area (Å²) >= 11 is 0. The summed E-state index contributed by atoms with van der Waals surface area (Å²) in [5.41, 5.74) is 7.60. The molecule has 0 atom stereocenters. The van der Waals surface area contributed by atoms with E-state index < -0.39 is 36.0 Å². The predicted molar refractivity (Wildman–Crippen MR) is 216 cm³/mol. The van der Waals surface area contributed by atoms with Crippen LogP contribution >= 0.6 is 0 Å². The third kappa shape index (κ3) is 4.90. The Morgan fingerprint density at radius 3 is 2.19 bits per heavy atom. The number of nitrogens with zero attached hydrogens (tertiary/aromatic N) is 3. The zero-order valence-electron chi connectivity index (χ0n) is 32.6. The first-order valence-electron chi connectivity index (χ1n) is 19.4. The molecule has 5 heteroatoms. The minimum absolute atomic E-state index is 0.115. The molecule has 2 heterocycles. The molecule has 10 rings (SSSR count). The molecule has 0 radical (unpaired) electrons. The molecule has 0 aliphatic carbocycles. The van der Waals surface area contributed by atoms with Crippen LogP contribution in [0.4, 0.5) is 17.1 Å². The Hall–Kier alpha value is -7.11. The van der Waals surface area contributed by atoms with Crippen LogP contribution < -0.4 is 4.90 Å². The van der Waals surface area contributed by atoms with Gasteiger partial charge in [-0.3, -0.25) is 5.41 Å². The van der Waals surface area contributed by atoms with E-state index in [4.69, 9.17) is 21.7 Å². The van der Waals surface area contributed by atoms with E-state index in [9.17, 15) is 0 Å². The summed E-state index contributed by atoms with van der Waals surface area (Å²) in [5, 5.41) is 15.4. The number of amidine groups is 2. The summed E-state index contributed by atoms with van der Waals surface area (Å²) < 4.78 is 47.7. The van der Waals surface area contributed by atoms with Crippen LogP contribution in [0, 0.1) is 5.41 Å². The average molecular weight is 672 g/mol. The highest BCUT2D eigenvalue weighted by Crippen LogP contribution is 2.51. The van der Waals surface area contributed by atoms with Crippen molar-refractivity contribution in [2.75, 3.05) is 4.90 Å². The van der Waals surface area contributed by atoms with Gasteiger partial charge in [0.05, 0.1) is 18.2 Å². The van der Waals surface area contributed by atoms with Gasteiger partial charge in [-0.2, -0.15) is 0 Å². The van der Waals surface area contributed by atoms with Gasteiger partial charge in [-0.05, 0) is 76.3 Å². The van der Waals surface area contributed by atoms with E-state index in [0.717, 1.165) is 60.5 Å². The van der Waals surface area contributed by atoms with Gasteiger partial charge in [-0.1, -0.05) is 115 Å². The van der Waals surface area contributed by atoms with E-state index in [1.54, 1.807) is 6.21 Å². The van der Waals surface area contributed by atoms with Gasteiger partial charge in [0.25, 0.3) is 0 Å². The lowest BCUT2D eigenvalue weighted by Crippen LogP contribution is -2.15. The van der Waals surface area contributed by atoms with Crippen LogP contribution in [0.3, 0.4) is 0 Å². The molecule has 0 saturated heterocycles. The zero-order chi connectivity index (χ0) is 38.9. The lowest BCUT2D eigenvalue weighted by Gasteiger charge is -2.34. The minimum Gasteiger partial charge on any atom is -0.455 e. The van der Waals surface area contributed by atoms with Crippen molar-refractivity contribution in [1.82, 2.24) is 0 Å². The molecule has 0 bridgehead atoms. The van der Waals surface area contributed by atoms with Gasteiger partial charge >= 0.3 is 0 Å². The first-order valence-corrected chi connectivity index (χ1v) is 16.9. The fourth-order valence-corrected chi connectivity index (χ4v) is 7.23. The second kappa shape index (κ2) is 12.0. The summed E-state index contributed by atoms with van der Waals surface area (Å²) in [4.78, 5) is 11.6. The van der Waals surface area contributed by atoms with Gasteiger partial charge in [0, 0.05) is 50.3 Å². The van der Waals surface area contributed by atoms with Gasteiger partial charge in [-0.25, -0.2) is 9.98 Å². The number of benzene rings is 8. The van der Waals surface area contributed by atoms with E-state index >= 15 is 0 Å². The van der Waals surface area contributed by atoms with E-state index in [1.165, 1.54) is 5.56 Å². The Morgan fingerprint density at radius 1 is 0.635 bits per heavy atom. The standard InChI is InChI=1S/C47H30N4O/c48-46(31-11-2-1-3-12-31)50-47(49-29-35-17-9-20-39-37-18-6-7-22-43(37)52-45(35)39)32-23-25-36(26-24-32)51-41-21-10-16-30-15-8-19-38(44(30)41)40-27-33-13-4-5-14-34(33)28-42(40)51/h1-29,48H/i1D,2D,3D,11D,12D. The van der Waals surface area contributed by atoms with Crippen molar-refractivity contribution in [2.24, 2.45) is 9.98 Å². The predicted octanol–water partition coefficient (Wildman–Crippen LogP) is 12.2. The van der Waals surface area contributed by atoms with Crippen molar-refractivity contribution in [2.45, 2.75) is 0 Å². The highest BCUT2D eigenvalue weighted by molar-refractivity contribution is 6.17. The van der Waals surface area contributed by atoms with Crippen LogP contribution in [0.2, 0.25) is 0 Å². The number of hydrogen-bond acceptors (Lipinski definition) is 3. The molecular formula is C47H30N4O. The molecule has 1 aliphatic rings. The topological polar surface area (TPSA) is 65.0 Å². The summed E-state index contributed by atoms with van der Waals surface area (Å²) in [5.74, 6) is -0.394. The largest absolute Gasteiger partial charge is 0.455 e. The number of rotatable bonds is 4. The number of aliphatic imine (C=N–C) groups is 2. The van der Waals surface area contributed by atoms with E-state index in [0.29, 0.717) is 16.7 Å². The van der Waals surface area contributed by atoms with Crippen molar-refractivity contribution in [3.05, 3.63) is 186 Å². The van der Waals surface area contributed by atoms with Crippen LogP contribution in [0.1, 0.15) is 23.5 Å². The van der Waals surface area contributed by atoms with Gasteiger partial charge in [0.1, 0.15) is 11.2 Å². The molecule has 8 aromatic carbocycles. The Balaban J connectivity index is 1.12. The van der Waals surface area contributed by atoms with Crippen LogP contribution in [0.25, 0.3) is 54.6 Å². The molecule has 0 spiro atoms. The molecule has 0 fully saturated rings. The molecule has 1 aromatic heterocycles. The van der Waals surface area contributed by atoms with Gasteiger partial charge < -0.3 is 9.32 Å². The second-order valence-corrected chi connectivity index (χ2v) is 12.6. The second-order valence-electron chi connectivity index (χ2n) is 12.6.